The van der Waals surface area contributed by atoms with E-state index in [1.165, 1.54) is 23.5 Å². The Kier molecular flexibility index (Phi) is 5.25. The van der Waals surface area contributed by atoms with Crippen LogP contribution in [-0.4, -0.2) is 53.3 Å². The molecule has 2 atom stereocenters. The third kappa shape index (κ3) is 4.75. The summed E-state index contributed by atoms with van der Waals surface area (Å²) in [5.41, 5.74) is 0. The molecule has 5 heteroatoms. The fourth-order valence-corrected chi connectivity index (χ4v) is 2.82. The van der Waals surface area contributed by atoms with Gasteiger partial charge in [0.2, 0.25) is 0 Å². The Hall–Kier alpha value is -0.420. The number of thioether (sulfide) groups is 1. The van der Waals surface area contributed by atoms with E-state index in [1.807, 2.05) is 11.8 Å². The molecule has 2 unspecified atom stereocenters. The van der Waals surface area contributed by atoms with E-state index >= 15 is 0 Å². The summed E-state index contributed by atoms with van der Waals surface area (Å²) in [5, 5.41) is 12.6. The number of carbonyl (C=O) groups is 1. The van der Waals surface area contributed by atoms with Gasteiger partial charge in [0.1, 0.15) is 0 Å². The second kappa shape index (κ2) is 6.23. The number of aliphatic hydroxyl groups is 1. The van der Waals surface area contributed by atoms with Crippen molar-refractivity contribution in [2.45, 2.75) is 31.1 Å². The van der Waals surface area contributed by atoms with Gasteiger partial charge in [-0.1, -0.05) is 0 Å². The molecule has 0 aromatic rings. The van der Waals surface area contributed by atoms with Gasteiger partial charge in [-0.25, -0.2) is 4.79 Å². The van der Waals surface area contributed by atoms with E-state index in [1.54, 1.807) is 14.0 Å². The van der Waals surface area contributed by atoms with Crippen molar-refractivity contribution in [1.82, 2.24) is 10.2 Å². The molecule has 15 heavy (non-hydrogen) atoms. The summed E-state index contributed by atoms with van der Waals surface area (Å²) in [7, 11) is 1.70. The summed E-state index contributed by atoms with van der Waals surface area (Å²) in [6, 6.07) is -0.0941. The highest BCUT2D eigenvalue weighted by molar-refractivity contribution is 8.00. The van der Waals surface area contributed by atoms with Crippen LogP contribution < -0.4 is 5.32 Å². The fourth-order valence-electron chi connectivity index (χ4n) is 1.62. The Morgan fingerprint density at radius 3 is 3.00 bits per heavy atom. The van der Waals surface area contributed by atoms with Crippen LogP contribution in [-0.2, 0) is 0 Å². The molecule has 0 spiro atoms. The third-order valence-corrected chi connectivity index (χ3v) is 3.79. The van der Waals surface area contributed by atoms with Crippen molar-refractivity contribution in [3.63, 3.8) is 0 Å². The standard InChI is InChI=1S/C10H20N2O2S/c1-8(13)7-12(2)10(14)11-6-9-4-3-5-15-9/h8-9,13H,3-7H2,1-2H3,(H,11,14). The summed E-state index contributed by atoms with van der Waals surface area (Å²) < 4.78 is 0. The van der Waals surface area contributed by atoms with Crippen LogP contribution in [0.25, 0.3) is 0 Å². The number of hydrogen-bond donors (Lipinski definition) is 2. The van der Waals surface area contributed by atoms with Crippen LogP contribution in [0.2, 0.25) is 0 Å². The van der Waals surface area contributed by atoms with E-state index in [4.69, 9.17) is 5.11 Å². The quantitative estimate of drug-likeness (QED) is 0.757. The molecule has 88 valence electrons. The summed E-state index contributed by atoms with van der Waals surface area (Å²) in [4.78, 5) is 13.0. The van der Waals surface area contributed by atoms with Crippen molar-refractivity contribution in [3.8, 4) is 0 Å². The molecule has 1 aliphatic rings. The monoisotopic (exact) mass is 232 g/mol. The van der Waals surface area contributed by atoms with Crippen molar-refractivity contribution in [3.05, 3.63) is 0 Å². The number of aliphatic hydroxyl groups excluding tert-OH is 1. The first-order valence-electron chi connectivity index (χ1n) is 5.38. The molecular formula is C10H20N2O2S. The van der Waals surface area contributed by atoms with Gasteiger partial charge < -0.3 is 15.3 Å². The average molecular weight is 232 g/mol. The molecule has 0 aliphatic carbocycles. The maximum atomic E-state index is 11.5. The van der Waals surface area contributed by atoms with Crippen molar-refractivity contribution < 1.29 is 9.90 Å². The highest BCUT2D eigenvalue weighted by Crippen LogP contribution is 2.25. The lowest BCUT2D eigenvalue weighted by molar-refractivity contribution is 0.144. The molecule has 1 heterocycles. The molecule has 1 rings (SSSR count). The van der Waals surface area contributed by atoms with Crippen LogP contribution in [0.15, 0.2) is 0 Å². The molecule has 1 saturated heterocycles. The molecule has 2 N–H and O–H groups in total. The van der Waals surface area contributed by atoms with Crippen molar-refractivity contribution >= 4 is 17.8 Å². The van der Waals surface area contributed by atoms with Crippen LogP contribution in [0, 0.1) is 0 Å². The number of rotatable bonds is 4. The van der Waals surface area contributed by atoms with Gasteiger partial charge in [-0.15, -0.1) is 0 Å². The van der Waals surface area contributed by atoms with E-state index < -0.39 is 6.10 Å². The minimum absolute atomic E-state index is 0.0941. The molecule has 2 amide bonds. The molecule has 1 aliphatic heterocycles. The zero-order chi connectivity index (χ0) is 11.3. The van der Waals surface area contributed by atoms with Crippen LogP contribution in [0.5, 0.6) is 0 Å². The first-order valence-corrected chi connectivity index (χ1v) is 6.43. The van der Waals surface area contributed by atoms with Crippen LogP contribution in [0.4, 0.5) is 4.79 Å². The molecule has 0 aromatic heterocycles. The van der Waals surface area contributed by atoms with Gasteiger partial charge in [0.05, 0.1) is 6.10 Å². The van der Waals surface area contributed by atoms with Crippen molar-refractivity contribution in [2.24, 2.45) is 0 Å². The van der Waals surface area contributed by atoms with E-state index in [2.05, 4.69) is 5.32 Å². The molecule has 0 saturated carbocycles. The van der Waals surface area contributed by atoms with Crippen molar-refractivity contribution in [2.75, 3.05) is 25.9 Å². The predicted octanol–water partition coefficient (Wildman–Crippen LogP) is 0.904. The normalized spacial score (nSPS) is 22.5. The zero-order valence-corrected chi connectivity index (χ0v) is 10.2. The summed E-state index contributed by atoms with van der Waals surface area (Å²) in [6.45, 7) is 2.80. The SMILES string of the molecule is CC(O)CN(C)C(=O)NCC1CCCS1. The lowest BCUT2D eigenvalue weighted by Gasteiger charge is -2.20. The Balaban J connectivity index is 2.16. The molecule has 1 fully saturated rings. The number of hydrogen-bond acceptors (Lipinski definition) is 3. The highest BCUT2D eigenvalue weighted by Gasteiger charge is 2.17. The number of carbonyl (C=O) groups excluding carboxylic acids is 1. The highest BCUT2D eigenvalue weighted by atomic mass is 32.2. The molecule has 0 aromatic carbocycles. The second-order valence-corrected chi connectivity index (χ2v) is 5.46. The number of nitrogens with one attached hydrogen (secondary N) is 1. The van der Waals surface area contributed by atoms with Gasteiger partial charge in [0, 0.05) is 25.4 Å². The molecular weight excluding hydrogens is 212 g/mol. The van der Waals surface area contributed by atoms with Gasteiger partial charge >= 0.3 is 6.03 Å². The Morgan fingerprint density at radius 1 is 1.73 bits per heavy atom. The topological polar surface area (TPSA) is 52.6 Å². The third-order valence-electron chi connectivity index (χ3n) is 2.39. The maximum absolute atomic E-state index is 11.5. The van der Waals surface area contributed by atoms with E-state index in [-0.39, 0.29) is 6.03 Å². The Morgan fingerprint density at radius 2 is 2.47 bits per heavy atom. The van der Waals surface area contributed by atoms with Crippen LogP contribution in [0.3, 0.4) is 0 Å². The zero-order valence-electron chi connectivity index (χ0n) is 9.40. The Bertz CT molecular complexity index is 206. The average Bonchev–Trinajstić information content (AvgIpc) is 2.65. The lowest BCUT2D eigenvalue weighted by atomic mass is 10.2. The van der Waals surface area contributed by atoms with Gasteiger partial charge in [-0.05, 0) is 25.5 Å². The molecule has 0 radical (unpaired) electrons. The van der Waals surface area contributed by atoms with Crippen LogP contribution in [0.1, 0.15) is 19.8 Å². The van der Waals surface area contributed by atoms with E-state index in [0.29, 0.717) is 11.8 Å². The minimum Gasteiger partial charge on any atom is -0.392 e. The number of likely N-dealkylation sites (N-methyl/N-ethyl adjacent to an activating group) is 1. The fraction of sp³-hybridized carbons (Fsp3) is 0.900. The van der Waals surface area contributed by atoms with Gasteiger partial charge in [-0.2, -0.15) is 11.8 Å². The molecule has 0 bridgehead atoms. The van der Waals surface area contributed by atoms with Crippen LogP contribution >= 0.6 is 11.8 Å². The lowest BCUT2D eigenvalue weighted by Crippen LogP contribution is -2.42. The number of amides is 2. The molecule has 4 nitrogen and oxygen atoms in total. The van der Waals surface area contributed by atoms with E-state index in [0.717, 1.165) is 6.54 Å². The summed E-state index contributed by atoms with van der Waals surface area (Å²) >= 11 is 1.93. The second-order valence-electron chi connectivity index (χ2n) is 4.05. The first kappa shape index (κ1) is 12.6. The Labute approximate surface area is 95.4 Å². The maximum Gasteiger partial charge on any atom is 0.317 e. The summed E-state index contributed by atoms with van der Waals surface area (Å²) in [6.07, 6.45) is 1.99. The van der Waals surface area contributed by atoms with Gasteiger partial charge in [-0.3, -0.25) is 0 Å². The largest absolute Gasteiger partial charge is 0.392 e. The van der Waals surface area contributed by atoms with Gasteiger partial charge in [0.15, 0.2) is 0 Å². The van der Waals surface area contributed by atoms with E-state index in [9.17, 15) is 4.79 Å². The first-order chi connectivity index (χ1) is 7.09. The smallest absolute Gasteiger partial charge is 0.317 e. The minimum atomic E-state index is -0.471. The summed E-state index contributed by atoms with van der Waals surface area (Å²) in [5.74, 6) is 1.21. The number of urea groups is 1. The van der Waals surface area contributed by atoms with Gasteiger partial charge in [0.25, 0.3) is 0 Å². The predicted molar refractivity (Wildman–Crippen MR) is 63.2 cm³/mol. The van der Waals surface area contributed by atoms with Crippen molar-refractivity contribution in [1.29, 1.82) is 0 Å². The number of nitrogens with zero attached hydrogens (tertiary/aromatic N) is 1.